The van der Waals surface area contributed by atoms with Gasteiger partial charge in [-0.3, -0.25) is 4.79 Å². The van der Waals surface area contributed by atoms with Crippen LogP contribution in [0.3, 0.4) is 0 Å². The number of hydrogen-bond acceptors (Lipinski definition) is 4. The van der Waals surface area contributed by atoms with Crippen LogP contribution in [0.5, 0.6) is 0 Å². The first kappa shape index (κ1) is 18.7. The lowest BCUT2D eigenvalue weighted by molar-refractivity contribution is -0.116. The van der Waals surface area contributed by atoms with Crippen LogP contribution in [0.1, 0.15) is 11.1 Å². The first-order valence-corrected chi connectivity index (χ1v) is 9.07. The van der Waals surface area contributed by atoms with Crippen LogP contribution in [-0.2, 0) is 16.1 Å². The molecule has 1 aromatic carbocycles. The van der Waals surface area contributed by atoms with Gasteiger partial charge in [-0.25, -0.2) is 4.98 Å². The Morgan fingerprint density at radius 1 is 1.19 bits per heavy atom. The van der Waals surface area contributed by atoms with Crippen LogP contribution in [0, 0.1) is 0 Å². The van der Waals surface area contributed by atoms with E-state index in [2.05, 4.69) is 15.2 Å². The van der Waals surface area contributed by atoms with E-state index in [9.17, 15) is 4.79 Å². The van der Waals surface area contributed by atoms with Crippen LogP contribution in [0.25, 0.3) is 6.08 Å². The lowest BCUT2D eigenvalue weighted by Crippen LogP contribution is -2.37. The number of benzene rings is 1. The highest BCUT2D eigenvalue weighted by Crippen LogP contribution is 2.25. The number of carbonyl (C=O) groups is 1. The molecule has 7 heteroatoms. The van der Waals surface area contributed by atoms with Gasteiger partial charge in [-0.15, -0.1) is 0 Å². The topological polar surface area (TPSA) is 54.5 Å². The third-order valence-corrected chi connectivity index (χ3v) is 4.69. The Morgan fingerprint density at radius 2 is 1.92 bits per heavy atom. The molecule has 0 aliphatic carbocycles. The monoisotopic (exact) mass is 391 g/mol. The number of anilines is 1. The van der Waals surface area contributed by atoms with Crippen molar-refractivity contribution in [2.75, 3.05) is 31.2 Å². The summed E-state index contributed by atoms with van der Waals surface area (Å²) in [4.78, 5) is 18.8. The summed E-state index contributed by atoms with van der Waals surface area (Å²) >= 11 is 12.2. The zero-order valence-corrected chi connectivity index (χ0v) is 15.6. The van der Waals surface area contributed by atoms with E-state index >= 15 is 0 Å². The van der Waals surface area contributed by atoms with E-state index in [0.717, 1.165) is 24.5 Å². The molecule has 1 amide bonds. The van der Waals surface area contributed by atoms with E-state index in [4.69, 9.17) is 27.9 Å². The molecule has 26 heavy (non-hydrogen) atoms. The molecule has 1 aliphatic heterocycles. The number of nitrogens with zero attached hydrogens (tertiary/aromatic N) is 2. The van der Waals surface area contributed by atoms with Gasteiger partial charge in [0.25, 0.3) is 0 Å². The number of morpholine rings is 1. The zero-order valence-electron chi connectivity index (χ0n) is 14.1. The second-order valence-corrected chi connectivity index (χ2v) is 6.59. The lowest BCUT2D eigenvalue weighted by Gasteiger charge is -2.29. The molecule has 2 heterocycles. The fourth-order valence-electron chi connectivity index (χ4n) is 2.70. The summed E-state index contributed by atoms with van der Waals surface area (Å²) < 4.78 is 5.38. The number of pyridine rings is 1. The number of halogens is 2. The average Bonchev–Trinajstić information content (AvgIpc) is 2.67. The molecule has 0 saturated carbocycles. The predicted octanol–water partition coefficient (Wildman–Crippen LogP) is 3.55. The van der Waals surface area contributed by atoms with Crippen molar-refractivity contribution in [2.45, 2.75) is 6.54 Å². The Morgan fingerprint density at radius 3 is 2.65 bits per heavy atom. The first-order chi connectivity index (χ1) is 12.6. The molecule has 0 atom stereocenters. The SMILES string of the molecule is O=C(/C=C/c1c(Cl)cccc1Cl)NCc1cccnc1N1CCOCC1. The molecule has 0 unspecified atom stereocenters. The molecular weight excluding hydrogens is 373 g/mol. The summed E-state index contributed by atoms with van der Waals surface area (Å²) in [7, 11) is 0. The van der Waals surface area contributed by atoms with Gasteiger partial charge in [0, 0.05) is 53.1 Å². The van der Waals surface area contributed by atoms with Crippen molar-refractivity contribution in [2.24, 2.45) is 0 Å². The van der Waals surface area contributed by atoms with Gasteiger partial charge in [-0.05, 0) is 24.3 Å². The molecule has 3 rings (SSSR count). The second kappa shape index (κ2) is 9.03. The Kier molecular flexibility index (Phi) is 6.50. The quantitative estimate of drug-likeness (QED) is 0.791. The van der Waals surface area contributed by atoms with Crippen molar-refractivity contribution in [1.29, 1.82) is 0 Å². The number of amides is 1. The minimum Gasteiger partial charge on any atom is -0.378 e. The average molecular weight is 392 g/mol. The molecule has 1 saturated heterocycles. The largest absolute Gasteiger partial charge is 0.378 e. The minimum atomic E-state index is -0.224. The van der Waals surface area contributed by atoms with Gasteiger partial charge in [-0.2, -0.15) is 0 Å². The number of carbonyl (C=O) groups excluding carboxylic acids is 1. The molecule has 1 fully saturated rings. The molecule has 2 aromatic rings. The van der Waals surface area contributed by atoms with E-state index in [1.54, 1.807) is 30.5 Å². The van der Waals surface area contributed by atoms with Crippen LogP contribution in [0.4, 0.5) is 5.82 Å². The molecule has 5 nitrogen and oxygen atoms in total. The first-order valence-electron chi connectivity index (χ1n) is 8.31. The van der Waals surface area contributed by atoms with E-state index in [-0.39, 0.29) is 5.91 Å². The summed E-state index contributed by atoms with van der Waals surface area (Å²) in [5.74, 6) is 0.659. The summed E-state index contributed by atoms with van der Waals surface area (Å²) in [6, 6.07) is 9.06. The van der Waals surface area contributed by atoms with Crippen LogP contribution in [0.15, 0.2) is 42.6 Å². The fourth-order valence-corrected chi connectivity index (χ4v) is 3.22. The summed E-state index contributed by atoms with van der Waals surface area (Å²) in [6.45, 7) is 3.35. The second-order valence-electron chi connectivity index (χ2n) is 5.77. The summed E-state index contributed by atoms with van der Waals surface area (Å²) in [6.07, 6.45) is 4.80. The van der Waals surface area contributed by atoms with E-state index in [0.29, 0.717) is 35.4 Å². The van der Waals surface area contributed by atoms with Crippen molar-refractivity contribution in [1.82, 2.24) is 10.3 Å². The highest BCUT2D eigenvalue weighted by atomic mass is 35.5. The summed E-state index contributed by atoms with van der Waals surface area (Å²) in [5, 5.41) is 3.88. The lowest BCUT2D eigenvalue weighted by atomic mass is 10.2. The molecule has 0 spiro atoms. The Labute approximate surface area is 162 Å². The van der Waals surface area contributed by atoms with Crippen LogP contribution in [-0.4, -0.2) is 37.2 Å². The maximum absolute atomic E-state index is 12.2. The van der Waals surface area contributed by atoms with Gasteiger partial charge in [-0.1, -0.05) is 35.3 Å². The van der Waals surface area contributed by atoms with Gasteiger partial charge in [0.05, 0.1) is 13.2 Å². The van der Waals surface area contributed by atoms with Gasteiger partial charge >= 0.3 is 0 Å². The van der Waals surface area contributed by atoms with Gasteiger partial charge in [0.2, 0.25) is 5.91 Å². The molecule has 136 valence electrons. The highest BCUT2D eigenvalue weighted by Gasteiger charge is 2.15. The fraction of sp³-hybridized carbons (Fsp3) is 0.263. The Hall–Kier alpha value is -2.08. The van der Waals surface area contributed by atoms with Crippen LogP contribution in [0.2, 0.25) is 10.0 Å². The van der Waals surface area contributed by atoms with Crippen molar-refractivity contribution in [3.63, 3.8) is 0 Å². The third kappa shape index (κ3) is 4.75. The molecular formula is C19H19Cl2N3O2. The number of nitrogens with one attached hydrogen (secondary N) is 1. The number of hydrogen-bond donors (Lipinski definition) is 1. The van der Waals surface area contributed by atoms with Gasteiger partial charge in [0.15, 0.2) is 0 Å². The van der Waals surface area contributed by atoms with Crippen molar-refractivity contribution in [3.8, 4) is 0 Å². The standard InChI is InChI=1S/C19H19Cl2N3O2/c20-16-4-1-5-17(21)15(16)6-7-18(25)23-13-14-3-2-8-22-19(14)24-9-11-26-12-10-24/h1-8H,9-13H2,(H,23,25)/b7-6+. The molecule has 0 radical (unpaired) electrons. The van der Waals surface area contributed by atoms with Gasteiger partial charge < -0.3 is 15.0 Å². The normalized spacial score (nSPS) is 14.6. The van der Waals surface area contributed by atoms with Gasteiger partial charge in [0.1, 0.15) is 5.82 Å². The molecule has 1 N–H and O–H groups in total. The van der Waals surface area contributed by atoms with Crippen molar-refractivity contribution >= 4 is 41.0 Å². The molecule has 0 bridgehead atoms. The maximum Gasteiger partial charge on any atom is 0.244 e. The van der Waals surface area contributed by atoms with E-state index in [1.165, 1.54) is 6.08 Å². The molecule has 1 aromatic heterocycles. The van der Waals surface area contributed by atoms with E-state index in [1.807, 2.05) is 12.1 Å². The van der Waals surface area contributed by atoms with Crippen molar-refractivity contribution < 1.29 is 9.53 Å². The summed E-state index contributed by atoms with van der Waals surface area (Å²) in [5.41, 5.74) is 1.59. The molecule has 1 aliphatic rings. The number of aromatic nitrogens is 1. The minimum absolute atomic E-state index is 0.224. The Balaban J connectivity index is 1.64. The van der Waals surface area contributed by atoms with E-state index < -0.39 is 0 Å². The predicted molar refractivity (Wildman–Crippen MR) is 105 cm³/mol. The highest BCUT2D eigenvalue weighted by molar-refractivity contribution is 6.37. The van der Waals surface area contributed by atoms with Crippen LogP contribution >= 0.6 is 23.2 Å². The smallest absolute Gasteiger partial charge is 0.244 e. The third-order valence-electron chi connectivity index (χ3n) is 4.03. The van der Waals surface area contributed by atoms with Crippen molar-refractivity contribution in [3.05, 3.63) is 63.8 Å². The number of ether oxygens (including phenoxy) is 1. The maximum atomic E-state index is 12.2. The van der Waals surface area contributed by atoms with Crippen LogP contribution < -0.4 is 10.2 Å². The Bertz CT molecular complexity index is 785. The zero-order chi connectivity index (χ0) is 18.4. The number of rotatable bonds is 5.